The molecule has 2 heteroatoms. The molecule has 0 aliphatic carbocycles. The fourth-order valence-electron chi connectivity index (χ4n) is 4.90. The van der Waals surface area contributed by atoms with Gasteiger partial charge >= 0.3 is 0 Å². The summed E-state index contributed by atoms with van der Waals surface area (Å²) in [6, 6.07) is 44.5. The van der Waals surface area contributed by atoms with E-state index in [1.54, 1.807) is 0 Å². The van der Waals surface area contributed by atoms with Crippen LogP contribution >= 0.6 is 0 Å². The van der Waals surface area contributed by atoms with E-state index in [9.17, 15) is 0 Å². The topological polar surface area (TPSA) is 25.2 Å². The Morgan fingerprint density at radius 3 is 1.66 bits per heavy atom. The summed E-state index contributed by atoms with van der Waals surface area (Å²) in [5.41, 5.74) is 5.37. The lowest BCUT2D eigenvalue weighted by molar-refractivity contribution is 0.206. The second kappa shape index (κ2) is 11.8. The normalized spacial score (nSPS) is 18.1. The van der Waals surface area contributed by atoms with Crippen molar-refractivity contribution < 1.29 is 0 Å². The first-order valence-electron chi connectivity index (χ1n) is 12.7. The number of rotatable bonds is 11. The van der Waals surface area contributed by atoms with E-state index >= 15 is 0 Å². The van der Waals surface area contributed by atoms with Crippen molar-refractivity contribution in [2.45, 2.75) is 44.1 Å². The van der Waals surface area contributed by atoms with Crippen LogP contribution in [0.2, 0.25) is 0 Å². The van der Waals surface area contributed by atoms with Gasteiger partial charge in [-0.05, 0) is 35.1 Å². The number of hydrogen-bond acceptors (Lipinski definition) is 2. The molecule has 1 N–H and O–H groups in total. The third kappa shape index (κ3) is 6.79. The fraction of sp³-hybridized carbons (Fsp3) is 0.212. The molecule has 176 valence electrons. The van der Waals surface area contributed by atoms with Crippen LogP contribution in [0, 0.1) is 0 Å². The van der Waals surface area contributed by atoms with E-state index < -0.39 is 0 Å². The lowest BCUT2D eigenvalue weighted by Crippen LogP contribution is -2.38. The second-order valence-electron chi connectivity index (χ2n) is 9.46. The highest BCUT2D eigenvalue weighted by Gasteiger charge is 2.43. The van der Waals surface area contributed by atoms with Crippen molar-refractivity contribution in [1.29, 1.82) is 0 Å². The highest BCUT2D eigenvalue weighted by atomic mass is 15.3. The van der Waals surface area contributed by atoms with E-state index in [0.29, 0.717) is 18.1 Å². The van der Waals surface area contributed by atoms with Crippen LogP contribution in [0.4, 0.5) is 0 Å². The van der Waals surface area contributed by atoms with Crippen LogP contribution in [0.15, 0.2) is 127 Å². The zero-order valence-electron chi connectivity index (χ0n) is 20.2. The van der Waals surface area contributed by atoms with Crippen LogP contribution in [0.5, 0.6) is 0 Å². The first-order chi connectivity index (χ1) is 17.3. The summed E-state index contributed by atoms with van der Waals surface area (Å²) in [5.74, 6) is 0. The van der Waals surface area contributed by atoms with Crippen molar-refractivity contribution in [3.8, 4) is 0 Å². The summed E-state index contributed by atoms with van der Waals surface area (Å²) in [7, 11) is 0. The highest BCUT2D eigenvalue weighted by molar-refractivity contribution is 5.50. The van der Waals surface area contributed by atoms with Gasteiger partial charge in [-0.1, -0.05) is 133 Å². The minimum atomic E-state index is 0.302. The van der Waals surface area contributed by atoms with Gasteiger partial charge < -0.3 is 5.32 Å². The molecule has 0 spiro atoms. The number of nitrogens with one attached hydrogen (secondary N) is 1. The van der Waals surface area contributed by atoms with Gasteiger partial charge in [0.25, 0.3) is 0 Å². The lowest BCUT2D eigenvalue weighted by Gasteiger charge is -2.30. The smallest absolute Gasteiger partial charge is 0.0457 e. The molecule has 0 radical (unpaired) electrons. The summed E-state index contributed by atoms with van der Waals surface area (Å²) in [4.78, 5) is 2.63. The Morgan fingerprint density at radius 1 is 0.629 bits per heavy atom. The maximum Gasteiger partial charge on any atom is 0.0457 e. The van der Waals surface area contributed by atoms with Crippen LogP contribution in [0.3, 0.4) is 0 Å². The third-order valence-electron chi connectivity index (χ3n) is 6.85. The molecule has 35 heavy (non-hydrogen) atoms. The molecule has 0 bridgehead atoms. The van der Waals surface area contributed by atoms with Crippen LogP contribution < -0.4 is 5.32 Å². The molecule has 0 aromatic heterocycles. The van der Waals surface area contributed by atoms with Crippen molar-refractivity contribution in [2.75, 3.05) is 0 Å². The maximum atomic E-state index is 3.83. The Hall–Kier alpha value is -3.46. The summed E-state index contributed by atoms with van der Waals surface area (Å²) < 4.78 is 0. The van der Waals surface area contributed by atoms with Gasteiger partial charge in [0.2, 0.25) is 0 Å². The molecule has 0 saturated carbocycles. The Kier molecular flexibility index (Phi) is 7.85. The minimum Gasteiger partial charge on any atom is -0.306 e. The van der Waals surface area contributed by atoms with Crippen LogP contribution in [-0.4, -0.2) is 23.0 Å². The molecule has 1 aliphatic heterocycles. The van der Waals surface area contributed by atoms with Crippen molar-refractivity contribution in [3.05, 3.63) is 150 Å². The van der Waals surface area contributed by atoms with Crippen molar-refractivity contribution in [1.82, 2.24) is 10.2 Å². The molecular formula is C33H34N2. The maximum absolute atomic E-state index is 3.83. The Morgan fingerprint density at radius 2 is 1.11 bits per heavy atom. The van der Waals surface area contributed by atoms with Gasteiger partial charge in [-0.3, -0.25) is 4.90 Å². The number of benzene rings is 4. The molecule has 0 unspecified atom stereocenters. The predicted molar refractivity (Wildman–Crippen MR) is 147 cm³/mol. The lowest BCUT2D eigenvalue weighted by atomic mass is 10.0. The molecular weight excluding hydrogens is 424 g/mol. The van der Waals surface area contributed by atoms with E-state index in [1.165, 1.54) is 22.3 Å². The van der Waals surface area contributed by atoms with Gasteiger partial charge in [-0.25, -0.2) is 0 Å². The zero-order valence-corrected chi connectivity index (χ0v) is 20.2. The van der Waals surface area contributed by atoms with Crippen molar-refractivity contribution in [2.24, 2.45) is 0 Å². The average Bonchev–Trinajstić information content (AvgIpc) is 3.69. The second-order valence-corrected chi connectivity index (χ2v) is 9.46. The predicted octanol–water partition coefficient (Wildman–Crippen LogP) is 6.74. The van der Waals surface area contributed by atoms with Gasteiger partial charge in [0, 0.05) is 31.2 Å². The molecule has 1 fully saturated rings. The zero-order chi connectivity index (χ0) is 23.7. The van der Waals surface area contributed by atoms with Gasteiger partial charge in [-0.15, -0.1) is 0 Å². The Balaban J connectivity index is 1.38. The van der Waals surface area contributed by atoms with E-state index in [4.69, 9.17) is 0 Å². The Bertz CT molecular complexity index is 1130. The first-order valence-corrected chi connectivity index (χ1v) is 12.7. The highest BCUT2D eigenvalue weighted by Crippen LogP contribution is 2.28. The number of hydrogen-bond donors (Lipinski definition) is 1. The molecule has 4 aromatic rings. The van der Waals surface area contributed by atoms with Gasteiger partial charge in [-0.2, -0.15) is 0 Å². The monoisotopic (exact) mass is 458 g/mol. The largest absolute Gasteiger partial charge is 0.306 e. The summed E-state index contributed by atoms with van der Waals surface area (Å²) in [5, 5.41) is 3.83. The van der Waals surface area contributed by atoms with E-state index in [-0.39, 0.29) is 0 Å². The first kappa shape index (κ1) is 23.3. The van der Waals surface area contributed by atoms with Crippen molar-refractivity contribution >= 4 is 6.08 Å². The standard InChI is InChI=1S/C33H34N2/c1-5-13-27(14-6-1)21-23-31-33(34-31)32(24-22-28-15-7-2-8-16-28)35(25-29-17-9-3-10-18-29)26-30-19-11-4-12-20-30/h1-20,22,24,31-34H,21,23,25-26H2/b24-22+/t31-,32+,33+/m1/s1. The SMILES string of the molecule is C(=C\[C@@H]([C@H]1N[C@@H]1CCc1ccccc1)N(Cc1ccccc1)Cc1ccccc1)/c1ccccc1. The van der Waals surface area contributed by atoms with Crippen LogP contribution in [0.25, 0.3) is 6.08 Å². The van der Waals surface area contributed by atoms with Crippen LogP contribution in [-0.2, 0) is 19.5 Å². The summed E-state index contributed by atoms with van der Waals surface area (Å²) >= 11 is 0. The quantitative estimate of drug-likeness (QED) is 0.252. The minimum absolute atomic E-state index is 0.302. The van der Waals surface area contributed by atoms with E-state index in [1.807, 2.05) is 0 Å². The van der Waals surface area contributed by atoms with Gasteiger partial charge in [0.1, 0.15) is 0 Å². The molecule has 1 heterocycles. The third-order valence-corrected chi connectivity index (χ3v) is 6.85. The van der Waals surface area contributed by atoms with E-state index in [2.05, 4.69) is 144 Å². The fourth-order valence-corrected chi connectivity index (χ4v) is 4.90. The van der Waals surface area contributed by atoms with Crippen LogP contribution in [0.1, 0.15) is 28.7 Å². The van der Waals surface area contributed by atoms with E-state index in [0.717, 1.165) is 25.9 Å². The average molecular weight is 459 g/mol. The molecule has 1 aliphatic rings. The molecule has 2 nitrogen and oxygen atoms in total. The molecule has 1 saturated heterocycles. The number of aryl methyl sites for hydroxylation is 1. The number of nitrogens with zero attached hydrogens (tertiary/aromatic N) is 1. The molecule has 0 amide bonds. The van der Waals surface area contributed by atoms with Gasteiger partial charge in [0.05, 0.1) is 0 Å². The summed E-state index contributed by atoms with van der Waals surface area (Å²) in [6.07, 6.45) is 6.99. The Labute approximate surface area is 210 Å². The van der Waals surface area contributed by atoms with Crippen molar-refractivity contribution in [3.63, 3.8) is 0 Å². The molecule has 4 aromatic carbocycles. The summed E-state index contributed by atoms with van der Waals surface area (Å²) in [6.45, 7) is 1.84. The molecule has 3 atom stereocenters. The van der Waals surface area contributed by atoms with Gasteiger partial charge in [0.15, 0.2) is 0 Å². The molecule has 5 rings (SSSR count).